The Bertz CT molecular complexity index is 898. The number of methoxy groups -OCH3 is 2. The molecule has 2 aromatic heterocycles. The molecule has 0 aliphatic heterocycles. The zero-order valence-corrected chi connectivity index (χ0v) is 12.6. The third kappa shape index (κ3) is 2.48. The summed E-state index contributed by atoms with van der Waals surface area (Å²) < 4.78 is 10.5. The zero-order valence-electron chi connectivity index (χ0n) is 12.6. The van der Waals surface area contributed by atoms with Gasteiger partial charge in [-0.15, -0.1) is 0 Å². The topological polar surface area (TPSA) is 148 Å². The number of rotatable bonds is 3. The molecule has 0 aliphatic rings. The average Bonchev–Trinajstić information content (AvgIpc) is 2.53. The highest BCUT2D eigenvalue weighted by atomic mass is 16.5. The second-order valence-corrected chi connectivity index (χ2v) is 4.67. The van der Waals surface area contributed by atoms with Gasteiger partial charge < -0.3 is 26.7 Å². The lowest BCUT2D eigenvalue weighted by atomic mass is 10.1. The maximum atomic E-state index is 5.99. The fourth-order valence-electron chi connectivity index (χ4n) is 2.19. The third-order valence-electron chi connectivity index (χ3n) is 3.26. The Labute approximate surface area is 131 Å². The molecule has 0 atom stereocenters. The van der Waals surface area contributed by atoms with E-state index in [1.54, 1.807) is 32.4 Å². The summed E-state index contributed by atoms with van der Waals surface area (Å²) >= 11 is 0. The molecular formula is C14H15N7O2. The summed E-state index contributed by atoms with van der Waals surface area (Å²) in [4.78, 5) is 16.5. The molecule has 9 heteroatoms. The van der Waals surface area contributed by atoms with Gasteiger partial charge in [-0.05, 0) is 18.2 Å². The molecule has 0 saturated carbocycles. The van der Waals surface area contributed by atoms with Gasteiger partial charge in [0.25, 0.3) is 0 Å². The van der Waals surface area contributed by atoms with Gasteiger partial charge in [0.1, 0.15) is 5.69 Å². The third-order valence-corrected chi connectivity index (χ3v) is 3.26. The number of ether oxygens (including phenoxy) is 2. The highest BCUT2D eigenvalue weighted by Crippen LogP contribution is 2.34. The standard InChI is InChI=1S/C14H15N7O2/c1-22-7-4-3-6(5-8(7)23-2)9-11(15)19-13-10(18-9)12(16)20-14(17)21-13/h3-5H,1-2H3,(H6,15,16,17,19,20,21). The summed E-state index contributed by atoms with van der Waals surface area (Å²) in [6.45, 7) is 0. The van der Waals surface area contributed by atoms with E-state index >= 15 is 0 Å². The Kier molecular flexibility index (Phi) is 3.45. The predicted octanol–water partition coefficient (Wildman–Crippen LogP) is 0.851. The predicted molar refractivity (Wildman–Crippen MR) is 86.9 cm³/mol. The van der Waals surface area contributed by atoms with Gasteiger partial charge in [0.15, 0.2) is 34.3 Å². The molecule has 118 valence electrons. The molecule has 9 nitrogen and oxygen atoms in total. The molecule has 0 fully saturated rings. The molecule has 3 rings (SSSR count). The molecule has 0 spiro atoms. The van der Waals surface area contributed by atoms with Crippen molar-refractivity contribution in [3.63, 3.8) is 0 Å². The second kappa shape index (κ2) is 5.44. The van der Waals surface area contributed by atoms with Gasteiger partial charge in [-0.25, -0.2) is 9.97 Å². The van der Waals surface area contributed by atoms with Crippen molar-refractivity contribution < 1.29 is 9.47 Å². The number of nitrogen functional groups attached to an aromatic ring is 3. The van der Waals surface area contributed by atoms with Gasteiger partial charge in [0.05, 0.1) is 14.2 Å². The van der Waals surface area contributed by atoms with Gasteiger partial charge in [0, 0.05) is 5.56 Å². The van der Waals surface area contributed by atoms with E-state index in [1.807, 2.05) is 0 Å². The van der Waals surface area contributed by atoms with Crippen LogP contribution in [0.1, 0.15) is 0 Å². The van der Waals surface area contributed by atoms with Crippen LogP contribution in [0.5, 0.6) is 11.5 Å². The summed E-state index contributed by atoms with van der Waals surface area (Å²) in [7, 11) is 3.11. The van der Waals surface area contributed by atoms with Crippen LogP contribution >= 0.6 is 0 Å². The van der Waals surface area contributed by atoms with Gasteiger partial charge in [-0.3, -0.25) is 0 Å². The fraction of sp³-hybridized carbons (Fsp3) is 0.143. The molecule has 23 heavy (non-hydrogen) atoms. The number of fused-ring (bicyclic) bond motifs is 1. The molecular weight excluding hydrogens is 298 g/mol. The Morgan fingerprint density at radius 1 is 0.826 bits per heavy atom. The minimum atomic E-state index is 0.0163. The molecule has 3 aromatic rings. The molecule has 0 radical (unpaired) electrons. The van der Waals surface area contributed by atoms with Crippen LogP contribution < -0.4 is 26.7 Å². The van der Waals surface area contributed by atoms with Crippen LogP contribution in [0.4, 0.5) is 17.6 Å². The number of nitrogens with zero attached hydrogens (tertiary/aromatic N) is 4. The molecule has 6 N–H and O–H groups in total. The Morgan fingerprint density at radius 3 is 2.26 bits per heavy atom. The molecule has 0 saturated heterocycles. The number of hydrogen-bond donors (Lipinski definition) is 3. The first-order valence-electron chi connectivity index (χ1n) is 6.62. The second-order valence-electron chi connectivity index (χ2n) is 4.67. The van der Waals surface area contributed by atoms with Gasteiger partial charge >= 0.3 is 0 Å². The quantitative estimate of drug-likeness (QED) is 0.639. The zero-order chi connectivity index (χ0) is 16.6. The largest absolute Gasteiger partial charge is 0.493 e. The average molecular weight is 313 g/mol. The lowest BCUT2D eigenvalue weighted by Gasteiger charge is -2.11. The summed E-state index contributed by atoms with van der Waals surface area (Å²) in [5.41, 5.74) is 19.1. The van der Waals surface area contributed by atoms with Crippen LogP contribution in [-0.4, -0.2) is 34.2 Å². The van der Waals surface area contributed by atoms with E-state index in [-0.39, 0.29) is 23.2 Å². The van der Waals surface area contributed by atoms with Crippen LogP contribution in [0.2, 0.25) is 0 Å². The minimum Gasteiger partial charge on any atom is -0.493 e. The van der Waals surface area contributed by atoms with Crippen LogP contribution in [-0.2, 0) is 0 Å². The first kappa shape index (κ1) is 14.6. The number of hydrogen-bond acceptors (Lipinski definition) is 9. The van der Waals surface area contributed by atoms with Crippen molar-refractivity contribution in [3.8, 4) is 22.8 Å². The van der Waals surface area contributed by atoms with E-state index in [0.717, 1.165) is 0 Å². The van der Waals surface area contributed by atoms with Gasteiger partial charge in [-0.2, -0.15) is 9.97 Å². The van der Waals surface area contributed by atoms with E-state index in [1.165, 1.54) is 0 Å². The maximum Gasteiger partial charge on any atom is 0.224 e. The van der Waals surface area contributed by atoms with Gasteiger partial charge in [0.2, 0.25) is 5.95 Å². The molecule has 2 heterocycles. The van der Waals surface area contributed by atoms with Crippen molar-refractivity contribution in [3.05, 3.63) is 18.2 Å². The van der Waals surface area contributed by atoms with Crippen molar-refractivity contribution in [2.45, 2.75) is 0 Å². The van der Waals surface area contributed by atoms with E-state index in [9.17, 15) is 0 Å². The monoisotopic (exact) mass is 313 g/mol. The number of nitrogens with two attached hydrogens (primary N) is 3. The molecule has 0 aliphatic carbocycles. The Hall–Kier alpha value is -3.36. The summed E-state index contributed by atoms with van der Waals surface area (Å²) in [6, 6.07) is 5.30. The number of benzene rings is 1. The van der Waals surface area contributed by atoms with Crippen molar-refractivity contribution >= 4 is 28.7 Å². The summed E-state index contributed by atoms with van der Waals surface area (Å²) in [6.07, 6.45) is 0. The first-order valence-corrected chi connectivity index (χ1v) is 6.62. The van der Waals surface area contributed by atoms with Crippen molar-refractivity contribution in [2.75, 3.05) is 31.4 Å². The van der Waals surface area contributed by atoms with Crippen molar-refractivity contribution in [1.82, 2.24) is 19.9 Å². The summed E-state index contributed by atoms with van der Waals surface area (Å²) in [5.74, 6) is 1.50. The van der Waals surface area contributed by atoms with E-state index < -0.39 is 0 Å². The lowest BCUT2D eigenvalue weighted by Crippen LogP contribution is -2.06. The maximum absolute atomic E-state index is 5.99. The molecule has 0 bridgehead atoms. The van der Waals surface area contributed by atoms with E-state index in [2.05, 4.69) is 19.9 Å². The first-order chi connectivity index (χ1) is 11.0. The lowest BCUT2D eigenvalue weighted by molar-refractivity contribution is 0.355. The molecule has 0 amide bonds. The van der Waals surface area contributed by atoms with Crippen LogP contribution in [0.15, 0.2) is 18.2 Å². The SMILES string of the molecule is COc1ccc(-c2nc3c(N)nc(N)nc3nc2N)cc1OC. The van der Waals surface area contributed by atoms with Crippen LogP contribution in [0, 0.1) is 0 Å². The number of aromatic nitrogens is 4. The van der Waals surface area contributed by atoms with Crippen molar-refractivity contribution in [1.29, 1.82) is 0 Å². The molecule has 0 unspecified atom stereocenters. The summed E-state index contributed by atoms with van der Waals surface area (Å²) in [5, 5.41) is 0. The highest BCUT2D eigenvalue weighted by Gasteiger charge is 2.15. The normalized spacial score (nSPS) is 10.7. The Morgan fingerprint density at radius 2 is 1.57 bits per heavy atom. The van der Waals surface area contributed by atoms with Crippen molar-refractivity contribution in [2.24, 2.45) is 0 Å². The van der Waals surface area contributed by atoms with Crippen LogP contribution in [0.3, 0.4) is 0 Å². The number of anilines is 3. The Balaban J connectivity index is 2.22. The van der Waals surface area contributed by atoms with E-state index in [4.69, 9.17) is 26.7 Å². The fourth-order valence-corrected chi connectivity index (χ4v) is 2.19. The minimum absolute atomic E-state index is 0.0163. The molecule has 1 aromatic carbocycles. The van der Waals surface area contributed by atoms with Gasteiger partial charge in [-0.1, -0.05) is 0 Å². The van der Waals surface area contributed by atoms with Crippen LogP contribution in [0.25, 0.3) is 22.4 Å². The van der Waals surface area contributed by atoms with E-state index in [0.29, 0.717) is 28.3 Å². The highest BCUT2D eigenvalue weighted by molar-refractivity contribution is 5.87. The smallest absolute Gasteiger partial charge is 0.224 e.